The molecule has 1 rings (SSSR count). The normalized spacial score (nSPS) is 10.3. The summed E-state index contributed by atoms with van der Waals surface area (Å²) in [5, 5.41) is 19.9. The molecule has 0 saturated carbocycles. The van der Waals surface area contributed by atoms with Crippen LogP contribution in [0.3, 0.4) is 0 Å². The molecule has 0 amide bonds. The van der Waals surface area contributed by atoms with E-state index in [9.17, 15) is 9.90 Å². The fraction of sp³-hybridized carbons (Fsp3) is 0.720. The SMILES string of the molecule is [N-]=[N+]=NCCOCCOCCOc1cc(C(=O)O)cc(OCCOCCOCCN=[N+]=N)c1OCCOCCOCCN=[N+]=[N-]. The highest BCUT2D eigenvalue weighted by Crippen LogP contribution is 2.39. The molecule has 0 fully saturated rings. The molecule has 20 nitrogen and oxygen atoms in total. The predicted molar refractivity (Wildman–Crippen MR) is 155 cm³/mol. The maximum absolute atomic E-state index is 11.8. The Morgan fingerprint density at radius 2 is 0.956 bits per heavy atom. The third-order valence-electron chi connectivity index (χ3n) is 5.03. The van der Waals surface area contributed by atoms with Crippen LogP contribution in [-0.4, -0.2) is 130 Å². The summed E-state index contributed by atoms with van der Waals surface area (Å²) in [6.07, 6.45) is 0. The molecule has 0 bridgehead atoms. The first-order valence-electron chi connectivity index (χ1n) is 13.9. The van der Waals surface area contributed by atoms with Crippen molar-refractivity contribution in [1.29, 1.82) is 5.53 Å². The Kier molecular flexibility index (Phi) is 24.6. The molecule has 0 aliphatic heterocycles. The Bertz CT molecular complexity index is 1040. The van der Waals surface area contributed by atoms with Gasteiger partial charge in [-0.3, -0.25) is 0 Å². The molecule has 0 radical (unpaired) electrons. The molecule has 0 atom stereocenters. The lowest BCUT2D eigenvalue weighted by atomic mass is 10.2. The zero-order valence-corrected chi connectivity index (χ0v) is 25.0. The number of aromatic carboxylic acids is 1. The van der Waals surface area contributed by atoms with Crippen LogP contribution < -0.4 is 19.1 Å². The van der Waals surface area contributed by atoms with Crippen molar-refractivity contribution in [3.05, 3.63) is 38.6 Å². The van der Waals surface area contributed by atoms with Gasteiger partial charge in [0.05, 0.1) is 84.8 Å². The zero-order chi connectivity index (χ0) is 32.6. The van der Waals surface area contributed by atoms with Crippen LogP contribution in [0.5, 0.6) is 17.2 Å². The van der Waals surface area contributed by atoms with Crippen LogP contribution in [0, 0.1) is 5.53 Å². The number of carbonyl (C=O) groups is 1. The highest BCUT2D eigenvalue weighted by Gasteiger charge is 2.19. The minimum Gasteiger partial charge on any atom is -0.487 e. The highest BCUT2D eigenvalue weighted by atomic mass is 16.6. The van der Waals surface area contributed by atoms with Gasteiger partial charge in [0.25, 0.3) is 0 Å². The van der Waals surface area contributed by atoms with E-state index >= 15 is 0 Å². The summed E-state index contributed by atoms with van der Waals surface area (Å²) < 4.78 is 49.8. The highest BCUT2D eigenvalue weighted by molar-refractivity contribution is 5.89. The first-order chi connectivity index (χ1) is 22.1. The van der Waals surface area contributed by atoms with Gasteiger partial charge in [-0.25, -0.2) is 4.79 Å². The summed E-state index contributed by atoms with van der Waals surface area (Å²) in [6.45, 7) is 4.21. The fourth-order valence-corrected chi connectivity index (χ4v) is 3.10. The number of azide groups is 2. The number of ether oxygens (including phenoxy) is 9. The number of hydrogen-bond acceptors (Lipinski definition) is 14. The van der Waals surface area contributed by atoms with Crippen molar-refractivity contribution in [2.75, 3.05) is 119 Å². The molecule has 0 unspecified atom stereocenters. The van der Waals surface area contributed by atoms with E-state index in [1.54, 1.807) is 0 Å². The van der Waals surface area contributed by atoms with Crippen LogP contribution in [0.2, 0.25) is 0 Å². The Balaban J connectivity index is 2.69. The molecule has 20 heteroatoms. The summed E-state index contributed by atoms with van der Waals surface area (Å²) in [5.74, 6) is -0.726. The summed E-state index contributed by atoms with van der Waals surface area (Å²) in [6, 6.07) is 2.66. The van der Waals surface area contributed by atoms with Crippen LogP contribution in [0.4, 0.5) is 0 Å². The van der Waals surface area contributed by atoms with Crippen LogP contribution in [-0.2, 0) is 28.4 Å². The van der Waals surface area contributed by atoms with Gasteiger partial charge in [-0.15, -0.1) is 0 Å². The standard InChI is InChI=1S/C25H39N9O11/c26-32-29-1-4-37-7-10-40-13-16-43-22-19-21(25(35)36)20-23(44-17-14-41-11-8-38-5-2-30-33-27)24(22)45-18-15-42-12-9-39-6-3-31-34-28/h19-20,26H,1-18H2/p+1. The third kappa shape index (κ3) is 21.2. The number of carboxylic acids is 1. The molecule has 1 aromatic carbocycles. The zero-order valence-electron chi connectivity index (χ0n) is 25.0. The van der Waals surface area contributed by atoms with Gasteiger partial charge in [0.2, 0.25) is 10.7 Å². The fourth-order valence-electron chi connectivity index (χ4n) is 3.10. The molecule has 0 aliphatic rings. The van der Waals surface area contributed by atoms with Gasteiger partial charge in [-0.2, -0.15) is 0 Å². The van der Waals surface area contributed by atoms with Crippen molar-refractivity contribution < 1.29 is 52.5 Å². The maximum Gasteiger partial charge on any atom is 0.335 e. The van der Waals surface area contributed by atoms with E-state index in [1.807, 2.05) is 0 Å². The van der Waals surface area contributed by atoms with Gasteiger partial charge >= 0.3 is 5.97 Å². The van der Waals surface area contributed by atoms with Crippen molar-refractivity contribution in [3.8, 4) is 17.2 Å². The molecule has 2 N–H and O–H groups in total. The Morgan fingerprint density at radius 3 is 1.33 bits per heavy atom. The van der Waals surface area contributed by atoms with Gasteiger partial charge in [-0.1, -0.05) is 10.2 Å². The first-order valence-corrected chi connectivity index (χ1v) is 13.9. The number of rotatable bonds is 31. The topological polar surface area (TPSA) is 268 Å². The van der Waals surface area contributed by atoms with Crippen molar-refractivity contribution in [1.82, 2.24) is 4.91 Å². The van der Waals surface area contributed by atoms with Crippen LogP contribution >= 0.6 is 0 Å². The third-order valence-corrected chi connectivity index (χ3v) is 5.03. The molecule has 45 heavy (non-hydrogen) atoms. The number of nitrogens with zero attached hydrogens (tertiary/aromatic N) is 8. The number of hydrogen-bond donors (Lipinski definition) is 2. The molecule has 0 saturated heterocycles. The van der Waals surface area contributed by atoms with E-state index in [2.05, 4.69) is 30.1 Å². The van der Waals surface area contributed by atoms with E-state index in [1.165, 1.54) is 12.1 Å². The molecular weight excluding hydrogens is 602 g/mol. The van der Waals surface area contributed by atoms with Gasteiger partial charge in [-0.05, 0) is 23.2 Å². The largest absolute Gasteiger partial charge is 0.487 e. The molecule has 0 aliphatic carbocycles. The van der Waals surface area contributed by atoms with Crippen molar-refractivity contribution in [2.24, 2.45) is 15.3 Å². The summed E-state index contributed by atoms with van der Waals surface area (Å²) in [4.78, 5) is 20.0. The number of carboxylic acid groups (broad SMARTS) is 1. The van der Waals surface area contributed by atoms with Crippen molar-refractivity contribution in [2.45, 2.75) is 0 Å². The van der Waals surface area contributed by atoms with Crippen LogP contribution in [0.15, 0.2) is 27.5 Å². The van der Waals surface area contributed by atoms with Crippen molar-refractivity contribution >= 4 is 5.97 Å². The Hall–Kier alpha value is -4.22. The molecule has 1 aromatic rings. The van der Waals surface area contributed by atoms with Crippen molar-refractivity contribution in [3.63, 3.8) is 0 Å². The summed E-state index contributed by atoms with van der Waals surface area (Å²) in [7, 11) is 0. The molecule has 250 valence electrons. The Labute approximate surface area is 259 Å². The predicted octanol–water partition coefficient (Wildman–Crippen LogP) is 2.79. The minimum atomic E-state index is -1.19. The van der Waals surface area contributed by atoms with Gasteiger partial charge < -0.3 is 47.7 Å². The second-order valence-corrected chi connectivity index (χ2v) is 8.20. The quantitative estimate of drug-likeness (QED) is 0.0514. The average Bonchev–Trinajstić information content (AvgIpc) is 3.04. The minimum absolute atomic E-state index is 0.0741. The van der Waals surface area contributed by atoms with E-state index < -0.39 is 5.97 Å². The van der Waals surface area contributed by atoms with E-state index in [-0.39, 0.29) is 109 Å². The van der Waals surface area contributed by atoms with E-state index in [4.69, 9.17) is 59.2 Å². The van der Waals surface area contributed by atoms with Gasteiger partial charge in [0.1, 0.15) is 37.0 Å². The van der Waals surface area contributed by atoms with E-state index in [0.29, 0.717) is 33.0 Å². The maximum atomic E-state index is 11.8. The summed E-state index contributed by atoms with van der Waals surface area (Å²) >= 11 is 0. The summed E-state index contributed by atoms with van der Waals surface area (Å²) in [5.41, 5.74) is 23.0. The van der Waals surface area contributed by atoms with Gasteiger partial charge in [0.15, 0.2) is 11.5 Å². The lowest BCUT2D eigenvalue weighted by Gasteiger charge is -2.18. The first kappa shape index (κ1) is 38.8. The molecule has 0 heterocycles. The van der Waals surface area contributed by atoms with Crippen LogP contribution in [0.1, 0.15) is 10.4 Å². The van der Waals surface area contributed by atoms with Gasteiger partial charge in [0, 0.05) is 22.9 Å². The lowest BCUT2D eigenvalue weighted by molar-refractivity contribution is 0.0330. The second-order valence-electron chi connectivity index (χ2n) is 8.20. The average molecular weight is 643 g/mol. The molecular formula is C25H40N9O11+. The molecule has 0 aromatic heterocycles. The second kappa shape index (κ2) is 28.5. The Morgan fingerprint density at radius 1 is 0.600 bits per heavy atom. The van der Waals surface area contributed by atoms with Crippen LogP contribution in [0.25, 0.3) is 20.9 Å². The number of nitrogens with one attached hydrogen (secondary N) is 1. The monoisotopic (exact) mass is 642 g/mol. The smallest absolute Gasteiger partial charge is 0.335 e. The lowest BCUT2D eigenvalue weighted by Crippen LogP contribution is -2.15. The van der Waals surface area contributed by atoms with E-state index in [0.717, 1.165) is 0 Å². The molecule has 0 spiro atoms. The number of benzene rings is 1.